The van der Waals surface area contributed by atoms with Gasteiger partial charge in [0, 0.05) is 12.6 Å². The van der Waals surface area contributed by atoms with Gasteiger partial charge in [0.05, 0.1) is 14.2 Å². The summed E-state index contributed by atoms with van der Waals surface area (Å²) < 4.78 is 15.9. The zero-order chi connectivity index (χ0) is 22.1. The Kier molecular flexibility index (Phi) is 8.53. The summed E-state index contributed by atoms with van der Waals surface area (Å²) in [6, 6.07) is 13.7. The summed E-state index contributed by atoms with van der Waals surface area (Å²) in [5, 5.41) is 2.86. The van der Waals surface area contributed by atoms with Gasteiger partial charge in [0.15, 0.2) is 6.61 Å². The van der Waals surface area contributed by atoms with Crippen molar-refractivity contribution in [2.45, 2.75) is 39.4 Å². The van der Waals surface area contributed by atoms with Crippen molar-refractivity contribution in [3.63, 3.8) is 0 Å². The van der Waals surface area contributed by atoms with E-state index in [1.807, 2.05) is 38.1 Å². The number of amides is 2. The molecule has 1 N–H and O–H groups in total. The summed E-state index contributed by atoms with van der Waals surface area (Å²) in [5.74, 6) is 1.48. The summed E-state index contributed by atoms with van der Waals surface area (Å²) in [6.07, 6.45) is 0. The average Bonchev–Trinajstić information content (AvgIpc) is 2.75. The molecule has 0 saturated carbocycles. The van der Waals surface area contributed by atoms with Gasteiger partial charge in [0.2, 0.25) is 5.91 Å². The molecule has 7 heteroatoms. The molecule has 0 aliphatic rings. The minimum atomic E-state index is -0.651. The highest BCUT2D eigenvalue weighted by atomic mass is 16.5. The molecule has 0 aromatic heterocycles. The third-order valence-corrected chi connectivity index (χ3v) is 4.53. The number of nitrogens with one attached hydrogen (secondary N) is 1. The van der Waals surface area contributed by atoms with E-state index in [0.29, 0.717) is 11.5 Å². The molecule has 2 rings (SSSR count). The molecule has 0 bridgehead atoms. The van der Waals surface area contributed by atoms with Crippen molar-refractivity contribution in [3.05, 3.63) is 54.1 Å². The summed E-state index contributed by atoms with van der Waals surface area (Å²) >= 11 is 0. The van der Waals surface area contributed by atoms with Crippen LogP contribution >= 0.6 is 0 Å². The van der Waals surface area contributed by atoms with Gasteiger partial charge in [-0.05, 0) is 62.7 Å². The smallest absolute Gasteiger partial charge is 0.261 e. The molecule has 7 nitrogen and oxygen atoms in total. The number of hydrogen-bond donors (Lipinski definition) is 1. The van der Waals surface area contributed by atoms with Crippen LogP contribution in [0.5, 0.6) is 17.2 Å². The van der Waals surface area contributed by atoms with Gasteiger partial charge in [-0.3, -0.25) is 9.59 Å². The number of ether oxygens (including phenoxy) is 3. The lowest BCUT2D eigenvalue weighted by Gasteiger charge is -2.29. The maximum atomic E-state index is 13.0. The summed E-state index contributed by atoms with van der Waals surface area (Å²) in [4.78, 5) is 27.0. The van der Waals surface area contributed by atoms with Gasteiger partial charge in [0.25, 0.3) is 5.91 Å². The Labute approximate surface area is 177 Å². The molecule has 2 amide bonds. The SMILES string of the molecule is COc1ccc(CN(C(=O)COc2ccc(OC)cc2)C(C)C(=O)NC(C)C)cc1. The normalized spacial score (nSPS) is 11.5. The largest absolute Gasteiger partial charge is 0.497 e. The third kappa shape index (κ3) is 6.69. The predicted molar refractivity (Wildman–Crippen MR) is 115 cm³/mol. The van der Waals surface area contributed by atoms with Crippen LogP contribution in [0.4, 0.5) is 0 Å². The molecular weight excluding hydrogens is 384 g/mol. The number of rotatable bonds is 10. The van der Waals surface area contributed by atoms with Crippen molar-refractivity contribution >= 4 is 11.8 Å². The van der Waals surface area contributed by atoms with Crippen molar-refractivity contribution in [2.75, 3.05) is 20.8 Å². The van der Waals surface area contributed by atoms with E-state index in [0.717, 1.165) is 11.3 Å². The van der Waals surface area contributed by atoms with Crippen molar-refractivity contribution in [1.82, 2.24) is 10.2 Å². The Hall–Kier alpha value is -3.22. The Morgan fingerprint density at radius 2 is 1.37 bits per heavy atom. The van der Waals surface area contributed by atoms with E-state index in [1.165, 1.54) is 4.90 Å². The fourth-order valence-corrected chi connectivity index (χ4v) is 2.82. The van der Waals surface area contributed by atoms with Gasteiger partial charge < -0.3 is 24.4 Å². The minimum Gasteiger partial charge on any atom is -0.497 e. The first kappa shape index (κ1) is 23.1. The molecule has 0 fully saturated rings. The van der Waals surface area contributed by atoms with Gasteiger partial charge in [-0.1, -0.05) is 12.1 Å². The average molecular weight is 415 g/mol. The highest BCUT2D eigenvalue weighted by Gasteiger charge is 2.26. The Balaban J connectivity index is 2.12. The maximum Gasteiger partial charge on any atom is 0.261 e. The molecule has 0 radical (unpaired) electrons. The van der Waals surface area contributed by atoms with Crippen LogP contribution in [0.2, 0.25) is 0 Å². The van der Waals surface area contributed by atoms with Crippen LogP contribution in [0, 0.1) is 0 Å². The summed E-state index contributed by atoms with van der Waals surface area (Å²) in [7, 11) is 3.18. The molecule has 0 aliphatic carbocycles. The molecule has 30 heavy (non-hydrogen) atoms. The second-order valence-corrected chi connectivity index (χ2v) is 7.17. The molecule has 0 aliphatic heterocycles. The number of nitrogens with zero attached hydrogens (tertiary/aromatic N) is 1. The van der Waals surface area contributed by atoms with E-state index in [2.05, 4.69) is 5.32 Å². The van der Waals surface area contributed by atoms with Crippen molar-refractivity contribution < 1.29 is 23.8 Å². The highest BCUT2D eigenvalue weighted by molar-refractivity contribution is 5.88. The van der Waals surface area contributed by atoms with E-state index >= 15 is 0 Å². The topological polar surface area (TPSA) is 77.1 Å². The molecule has 0 heterocycles. The van der Waals surface area contributed by atoms with E-state index < -0.39 is 6.04 Å². The zero-order valence-electron chi connectivity index (χ0n) is 18.2. The van der Waals surface area contributed by atoms with Crippen molar-refractivity contribution in [3.8, 4) is 17.2 Å². The maximum absolute atomic E-state index is 13.0. The Bertz CT molecular complexity index is 818. The number of methoxy groups -OCH3 is 2. The zero-order valence-corrected chi connectivity index (χ0v) is 18.2. The van der Waals surface area contributed by atoms with Gasteiger partial charge in [0.1, 0.15) is 23.3 Å². The molecule has 2 aromatic carbocycles. The first-order valence-electron chi connectivity index (χ1n) is 9.83. The molecule has 1 atom stereocenters. The monoisotopic (exact) mass is 414 g/mol. The van der Waals surface area contributed by atoms with Crippen LogP contribution < -0.4 is 19.5 Å². The highest BCUT2D eigenvalue weighted by Crippen LogP contribution is 2.18. The van der Waals surface area contributed by atoms with Crippen LogP contribution in [-0.4, -0.2) is 49.6 Å². The van der Waals surface area contributed by atoms with E-state index in [1.54, 1.807) is 45.4 Å². The molecule has 162 valence electrons. The molecule has 0 saturated heterocycles. The molecular formula is C23H30N2O5. The first-order valence-corrected chi connectivity index (χ1v) is 9.83. The lowest BCUT2D eigenvalue weighted by Crippen LogP contribution is -2.50. The molecule has 2 aromatic rings. The summed E-state index contributed by atoms with van der Waals surface area (Å²) in [5.41, 5.74) is 0.887. The number of carbonyl (C=O) groups excluding carboxylic acids is 2. The first-order chi connectivity index (χ1) is 14.3. The lowest BCUT2D eigenvalue weighted by atomic mass is 10.1. The molecule has 0 spiro atoms. The number of benzene rings is 2. The lowest BCUT2D eigenvalue weighted by molar-refractivity contribution is -0.142. The van der Waals surface area contributed by atoms with Crippen LogP contribution in [0.25, 0.3) is 0 Å². The van der Waals surface area contributed by atoms with Crippen LogP contribution in [0.15, 0.2) is 48.5 Å². The standard InChI is InChI=1S/C23H30N2O5/c1-16(2)24-23(27)17(3)25(14-18-6-8-19(28-4)9-7-18)22(26)15-30-21-12-10-20(29-5)11-13-21/h6-13,16-17H,14-15H2,1-5H3,(H,24,27). The number of carbonyl (C=O) groups is 2. The van der Waals surface area contributed by atoms with Gasteiger partial charge in [-0.25, -0.2) is 0 Å². The fourth-order valence-electron chi connectivity index (χ4n) is 2.82. The van der Waals surface area contributed by atoms with Gasteiger partial charge in [-0.2, -0.15) is 0 Å². The van der Waals surface area contributed by atoms with Crippen LogP contribution in [0.3, 0.4) is 0 Å². The van der Waals surface area contributed by atoms with Crippen LogP contribution in [-0.2, 0) is 16.1 Å². The number of hydrogen-bond acceptors (Lipinski definition) is 5. The van der Waals surface area contributed by atoms with Crippen molar-refractivity contribution in [2.24, 2.45) is 0 Å². The third-order valence-electron chi connectivity index (χ3n) is 4.53. The second-order valence-electron chi connectivity index (χ2n) is 7.17. The predicted octanol–water partition coefficient (Wildman–Crippen LogP) is 3.02. The van der Waals surface area contributed by atoms with E-state index in [9.17, 15) is 9.59 Å². The van der Waals surface area contributed by atoms with Gasteiger partial charge >= 0.3 is 0 Å². The quantitative estimate of drug-likeness (QED) is 0.647. The Morgan fingerprint density at radius 3 is 1.87 bits per heavy atom. The summed E-state index contributed by atoms with van der Waals surface area (Å²) in [6.45, 7) is 5.58. The van der Waals surface area contributed by atoms with Crippen molar-refractivity contribution in [1.29, 1.82) is 0 Å². The second kappa shape index (κ2) is 11.1. The fraction of sp³-hybridized carbons (Fsp3) is 0.391. The van der Waals surface area contributed by atoms with E-state index in [-0.39, 0.29) is 31.0 Å². The van der Waals surface area contributed by atoms with E-state index in [4.69, 9.17) is 14.2 Å². The van der Waals surface area contributed by atoms with Crippen LogP contribution in [0.1, 0.15) is 26.3 Å². The Morgan fingerprint density at radius 1 is 0.867 bits per heavy atom. The molecule has 1 unspecified atom stereocenters. The van der Waals surface area contributed by atoms with Gasteiger partial charge in [-0.15, -0.1) is 0 Å². The minimum absolute atomic E-state index is 0.0200.